The summed E-state index contributed by atoms with van der Waals surface area (Å²) in [5.74, 6) is 0.834. The van der Waals surface area contributed by atoms with Crippen LogP contribution < -0.4 is 10.1 Å². The Bertz CT molecular complexity index is 376. The van der Waals surface area contributed by atoms with Crippen LogP contribution >= 0.6 is 11.6 Å². The summed E-state index contributed by atoms with van der Waals surface area (Å²) >= 11 is 6.23. The molecule has 16 heavy (non-hydrogen) atoms. The van der Waals surface area contributed by atoms with Gasteiger partial charge in [-0.25, -0.2) is 0 Å². The van der Waals surface area contributed by atoms with Crippen LogP contribution in [0.5, 0.6) is 5.75 Å². The lowest BCUT2D eigenvalue weighted by Crippen LogP contribution is -2.33. The Morgan fingerprint density at radius 2 is 2.31 bits per heavy atom. The van der Waals surface area contributed by atoms with Gasteiger partial charge in [-0.2, -0.15) is 0 Å². The third kappa shape index (κ3) is 2.17. The molecule has 1 aromatic rings. The largest absolute Gasteiger partial charge is 0.496 e. The van der Waals surface area contributed by atoms with E-state index in [1.807, 2.05) is 19.1 Å². The molecule has 0 aliphatic carbocycles. The molecule has 3 nitrogen and oxygen atoms in total. The van der Waals surface area contributed by atoms with Gasteiger partial charge in [0.2, 0.25) is 0 Å². The van der Waals surface area contributed by atoms with Crippen LogP contribution in [0.3, 0.4) is 0 Å². The van der Waals surface area contributed by atoms with Gasteiger partial charge in [-0.05, 0) is 18.6 Å². The molecule has 1 N–H and O–H groups in total. The second-order valence-electron chi connectivity index (χ2n) is 3.87. The van der Waals surface area contributed by atoms with Crippen molar-refractivity contribution in [3.8, 4) is 5.75 Å². The average Bonchev–Trinajstić information content (AvgIpc) is 2.33. The monoisotopic (exact) mass is 241 g/mol. The molecule has 1 aliphatic heterocycles. The van der Waals surface area contributed by atoms with Gasteiger partial charge in [0.15, 0.2) is 0 Å². The zero-order valence-electron chi connectivity index (χ0n) is 9.55. The van der Waals surface area contributed by atoms with Crippen molar-refractivity contribution in [1.82, 2.24) is 5.32 Å². The van der Waals surface area contributed by atoms with Gasteiger partial charge < -0.3 is 14.8 Å². The number of rotatable bonds is 2. The average molecular weight is 242 g/mol. The molecule has 1 atom stereocenters. The predicted molar refractivity (Wildman–Crippen MR) is 64.3 cm³/mol. The first-order valence-corrected chi connectivity index (χ1v) is 5.77. The van der Waals surface area contributed by atoms with Gasteiger partial charge in [-0.3, -0.25) is 0 Å². The van der Waals surface area contributed by atoms with Crippen LogP contribution in [0, 0.1) is 6.92 Å². The van der Waals surface area contributed by atoms with E-state index in [-0.39, 0.29) is 6.10 Å². The molecule has 1 aliphatic rings. The maximum Gasteiger partial charge on any atom is 0.129 e. The first-order valence-electron chi connectivity index (χ1n) is 5.39. The van der Waals surface area contributed by atoms with Gasteiger partial charge in [0, 0.05) is 18.7 Å². The normalized spacial score (nSPS) is 20.8. The molecule has 2 rings (SSSR count). The van der Waals surface area contributed by atoms with Gasteiger partial charge in [-0.15, -0.1) is 0 Å². The van der Waals surface area contributed by atoms with Crippen molar-refractivity contribution >= 4 is 11.6 Å². The molecule has 1 fully saturated rings. The van der Waals surface area contributed by atoms with Crippen molar-refractivity contribution in [2.24, 2.45) is 0 Å². The highest BCUT2D eigenvalue weighted by Crippen LogP contribution is 2.36. The van der Waals surface area contributed by atoms with Crippen molar-refractivity contribution in [3.05, 3.63) is 28.3 Å². The van der Waals surface area contributed by atoms with Crippen LogP contribution in [-0.2, 0) is 4.74 Å². The van der Waals surface area contributed by atoms with Gasteiger partial charge in [0.25, 0.3) is 0 Å². The van der Waals surface area contributed by atoms with E-state index in [1.165, 1.54) is 0 Å². The number of hydrogen-bond donors (Lipinski definition) is 1. The molecule has 1 heterocycles. The summed E-state index contributed by atoms with van der Waals surface area (Å²) in [6, 6.07) is 3.85. The Kier molecular flexibility index (Phi) is 3.69. The maximum absolute atomic E-state index is 6.23. The first-order chi connectivity index (χ1) is 7.74. The summed E-state index contributed by atoms with van der Waals surface area (Å²) in [5, 5.41) is 4.00. The number of nitrogens with one attached hydrogen (secondary N) is 1. The maximum atomic E-state index is 6.23. The summed E-state index contributed by atoms with van der Waals surface area (Å²) in [5.41, 5.74) is 2.03. The SMILES string of the molecule is COc1c(C)ccc(Cl)c1C1CNCCO1. The Balaban J connectivity index is 2.40. The summed E-state index contributed by atoms with van der Waals surface area (Å²) in [4.78, 5) is 0. The zero-order valence-corrected chi connectivity index (χ0v) is 10.3. The molecule has 88 valence electrons. The fraction of sp³-hybridized carbons (Fsp3) is 0.500. The molecule has 1 unspecified atom stereocenters. The number of benzene rings is 1. The predicted octanol–water partition coefficient (Wildman–Crippen LogP) is 2.32. The topological polar surface area (TPSA) is 30.5 Å². The van der Waals surface area contributed by atoms with E-state index in [0.717, 1.165) is 30.0 Å². The molecule has 1 aromatic carbocycles. The third-order valence-corrected chi connectivity index (χ3v) is 3.12. The highest BCUT2D eigenvalue weighted by atomic mass is 35.5. The Morgan fingerprint density at radius 3 is 2.94 bits per heavy atom. The Morgan fingerprint density at radius 1 is 1.50 bits per heavy atom. The number of aryl methyl sites for hydroxylation is 1. The second kappa shape index (κ2) is 5.04. The van der Waals surface area contributed by atoms with Crippen molar-refractivity contribution in [2.45, 2.75) is 13.0 Å². The molecular formula is C12H16ClNO2. The van der Waals surface area contributed by atoms with E-state index < -0.39 is 0 Å². The summed E-state index contributed by atoms with van der Waals surface area (Å²) < 4.78 is 11.1. The van der Waals surface area contributed by atoms with E-state index >= 15 is 0 Å². The zero-order chi connectivity index (χ0) is 11.5. The molecule has 0 bridgehead atoms. The van der Waals surface area contributed by atoms with Crippen molar-refractivity contribution in [3.63, 3.8) is 0 Å². The minimum absolute atomic E-state index is 0.0175. The Labute approximate surface area is 101 Å². The van der Waals surface area contributed by atoms with Crippen molar-refractivity contribution in [2.75, 3.05) is 26.8 Å². The highest BCUT2D eigenvalue weighted by Gasteiger charge is 2.23. The standard InChI is InChI=1S/C12H16ClNO2/c1-8-3-4-9(13)11(12(8)15-2)10-7-14-5-6-16-10/h3-4,10,14H,5-7H2,1-2H3. The number of halogens is 1. The molecular weight excluding hydrogens is 226 g/mol. The van der Waals surface area contributed by atoms with Crippen molar-refractivity contribution in [1.29, 1.82) is 0 Å². The molecule has 0 amide bonds. The van der Waals surface area contributed by atoms with Gasteiger partial charge in [-0.1, -0.05) is 17.7 Å². The van der Waals surface area contributed by atoms with E-state index in [0.29, 0.717) is 11.6 Å². The van der Waals surface area contributed by atoms with E-state index in [1.54, 1.807) is 7.11 Å². The Hall–Kier alpha value is -0.770. The van der Waals surface area contributed by atoms with Crippen LogP contribution in [0.4, 0.5) is 0 Å². The molecule has 4 heteroatoms. The number of morpholine rings is 1. The number of ether oxygens (including phenoxy) is 2. The minimum atomic E-state index is -0.0175. The van der Waals surface area contributed by atoms with Crippen LogP contribution in [0.25, 0.3) is 0 Å². The lowest BCUT2D eigenvalue weighted by Gasteiger charge is -2.26. The molecule has 0 aromatic heterocycles. The quantitative estimate of drug-likeness (QED) is 0.862. The summed E-state index contributed by atoms with van der Waals surface area (Å²) in [6.45, 7) is 4.38. The fourth-order valence-electron chi connectivity index (χ4n) is 2.01. The molecule has 0 saturated carbocycles. The van der Waals surface area contributed by atoms with Crippen LogP contribution in [0.2, 0.25) is 5.02 Å². The van der Waals surface area contributed by atoms with Crippen LogP contribution in [0.1, 0.15) is 17.2 Å². The van der Waals surface area contributed by atoms with Crippen LogP contribution in [-0.4, -0.2) is 26.8 Å². The minimum Gasteiger partial charge on any atom is -0.496 e. The van der Waals surface area contributed by atoms with Crippen LogP contribution in [0.15, 0.2) is 12.1 Å². The smallest absolute Gasteiger partial charge is 0.129 e. The molecule has 1 saturated heterocycles. The number of hydrogen-bond acceptors (Lipinski definition) is 3. The van der Waals surface area contributed by atoms with Gasteiger partial charge in [0.1, 0.15) is 5.75 Å². The van der Waals surface area contributed by atoms with E-state index in [2.05, 4.69) is 5.32 Å². The van der Waals surface area contributed by atoms with Gasteiger partial charge in [0.05, 0.1) is 24.8 Å². The van der Waals surface area contributed by atoms with E-state index in [4.69, 9.17) is 21.1 Å². The fourth-order valence-corrected chi connectivity index (χ4v) is 2.28. The first kappa shape index (κ1) is 11.7. The lowest BCUT2D eigenvalue weighted by molar-refractivity contribution is 0.0263. The molecule has 0 radical (unpaired) electrons. The van der Waals surface area contributed by atoms with Crippen molar-refractivity contribution < 1.29 is 9.47 Å². The third-order valence-electron chi connectivity index (χ3n) is 2.79. The second-order valence-corrected chi connectivity index (χ2v) is 4.28. The summed E-state index contributed by atoms with van der Waals surface area (Å²) in [6.07, 6.45) is -0.0175. The number of methoxy groups -OCH3 is 1. The summed E-state index contributed by atoms with van der Waals surface area (Å²) in [7, 11) is 1.67. The highest BCUT2D eigenvalue weighted by molar-refractivity contribution is 6.31. The van der Waals surface area contributed by atoms with E-state index in [9.17, 15) is 0 Å². The molecule has 0 spiro atoms. The van der Waals surface area contributed by atoms with Gasteiger partial charge >= 0.3 is 0 Å². The lowest BCUT2D eigenvalue weighted by atomic mass is 10.0.